The van der Waals surface area contributed by atoms with E-state index < -0.39 is 11.9 Å². The van der Waals surface area contributed by atoms with E-state index in [0.29, 0.717) is 15.8 Å². The van der Waals surface area contributed by atoms with Gasteiger partial charge in [0.1, 0.15) is 11.3 Å². The van der Waals surface area contributed by atoms with Crippen LogP contribution in [-0.2, 0) is 9.47 Å². The summed E-state index contributed by atoms with van der Waals surface area (Å²) in [6, 6.07) is 3.47. The van der Waals surface area contributed by atoms with Crippen molar-refractivity contribution in [1.29, 1.82) is 0 Å². The summed E-state index contributed by atoms with van der Waals surface area (Å²) in [6.45, 7) is 1.98. The molecule has 0 aromatic carbocycles. The Kier molecular flexibility index (Phi) is 4.68. The molecule has 8 heteroatoms. The van der Waals surface area contributed by atoms with E-state index in [0.717, 1.165) is 5.56 Å². The van der Waals surface area contributed by atoms with Gasteiger partial charge in [-0.3, -0.25) is 4.40 Å². The number of aromatic nitrogens is 2. The number of esters is 2. The van der Waals surface area contributed by atoms with Gasteiger partial charge in [0.25, 0.3) is 0 Å². The quantitative estimate of drug-likeness (QED) is 0.614. The zero-order chi connectivity index (χ0) is 17.3. The summed E-state index contributed by atoms with van der Waals surface area (Å²) in [5.74, 6) is -1.03. The standard InChI is InChI=1S/C16H13BrN2O4S/c1-3-23-16(21)13-12(9-4-5-24-8-9)18-14-11(15(20)22-2)6-10(17)7-19(13)14/h4-8H,3H2,1-2H3. The van der Waals surface area contributed by atoms with Gasteiger partial charge in [-0.2, -0.15) is 11.3 Å². The van der Waals surface area contributed by atoms with Gasteiger partial charge in [-0.1, -0.05) is 0 Å². The zero-order valence-electron chi connectivity index (χ0n) is 12.9. The predicted molar refractivity (Wildman–Crippen MR) is 93.5 cm³/mol. The van der Waals surface area contributed by atoms with Gasteiger partial charge in [0.05, 0.1) is 13.7 Å². The summed E-state index contributed by atoms with van der Waals surface area (Å²) >= 11 is 4.85. The second-order valence-electron chi connectivity index (χ2n) is 4.80. The van der Waals surface area contributed by atoms with Gasteiger partial charge >= 0.3 is 11.9 Å². The van der Waals surface area contributed by atoms with E-state index in [2.05, 4.69) is 20.9 Å². The molecule has 3 heterocycles. The minimum atomic E-state index is -0.529. The minimum Gasteiger partial charge on any atom is -0.465 e. The van der Waals surface area contributed by atoms with Crippen molar-refractivity contribution in [1.82, 2.24) is 9.38 Å². The van der Waals surface area contributed by atoms with Crippen molar-refractivity contribution in [2.75, 3.05) is 13.7 Å². The van der Waals surface area contributed by atoms with Crippen molar-refractivity contribution >= 4 is 44.9 Å². The van der Waals surface area contributed by atoms with E-state index in [1.165, 1.54) is 18.4 Å². The van der Waals surface area contributed by atoms with Crippen LogP contribution in [0.3, 0.4) is 0 Å². The molecule has 0 aliphatic rings. The van der Waals surface area contributed by atoms with Crippen LogP contribution in [0.1, 0.15) is 27.8 Å². The molecule has 0 fully saturated rings. The summed E-state index contributed by atoms with van der Waals surface area (Å²) in [6.07, 6.45) is 1.68. The highest BCUT2D eigenvalue weighted by atomic mass is 79.9. The second-order valence-corrected chi connectivity index (χ2v) is 6.49. The maximum Gasteiger partial charge on any atom is 0.357 e. The summed E-state index contributed by atoms with van der Waals surface area (Å²) in [5, 5.41) is 3.78. The molecule has 0 atom stereocenters. The Morgan fingerprint density at radius 1 is 1.38 bits per heavy atom. The molecule has 3 rings (SSSR count). The van der Waals surface area contributed by atoms with Crippen molar-refractivity contribution in [2.24, 2.45) is 0 Å². The van der Waals surface area contributed by atoms with E-state index in [4.69, 9.17) is 9.47 Å². The van der Waals surface area contributed by atoms with Crippen LogP contribution in [-0.4, -0.2) is 35.0 Å². The largest absolute Gasteiger partial charge is 0.465 e. The molecule has 24 heavy (non-hydrogen) atoms. The lowest BCUT2D eigenvalue weighted by atomic mass is 10.2. The van der Waals surface area contributed by atoms with Gasteiger partial charge < -0.3 is 9.47 Å². The lowest BCUT2D eigenvalue weighted by Gasteiger charge is -2.06. The van der Waals surface area contributed by atoms with E-state index in [9.17, 15) is 9.59 Å². The third kappa shape index (κ3) is 2.83. The maximum atomic E-state index is 12.5. The third-order valence-corrected chi connectivity index (χ3v) is 4.47. The number of nitrogens with zero attached hydrogens (tertiary/aromatic N) is 2. The van der Waals surface area contributed by atoms with Crippen LogP contribution in [0.5, 0.6) is 0 Å². The maximum absolute atomic E-state index is 12.5. The Bertz CT molecular complexity index is 918. The number of carbonyl (C=O) groups excluding carboxylic acids is 2. The molecule has 0 bridgehead atoms. The fraction of sp³-hybridized carbons (Fsp3) is 0.188. The van der Waals surface area contributed by atoms with Gasteiger partial charge in [-0.05, 0) is 40.4 Å². The van der Waals surface area contributed by atoms with Crippen molar-refractivity contribution in [3.05, 3.63) is 44.8 Å². The molecule has 0 N–H and O–H groups in total. The molecule has 3 aromatic heterocycles. The number of halogens is 1. The van der Waals surface area contributed by atoms with Crippen LogP contribution in [0, 0.1) is 0 Å². The number of pyridine rings is 1. The molecule has 0 spiro atoms. The number of rotatable bonds is 4. The number of hydrogen-bond donors (Lipinski definition) is 0. The molecule has 3 aromatic rings. The fourth-order valence-corrected chi connectivity index (χ4v) is 3.44. The van der Waals surface area contributed by atoms with Crippen LogP contribution in [0.25, 0.3) is 16.9 Å². The number of imidazole rings is 1. The lowest BCUT2D eigenvalue weighted by Crippen LogP contribution is -2.11. The third-order valence-electron chi connectivity index (χ3n) is 3.36. The number of thiophene rings is 1. The van der Waals surface area contributed by atoms with Crippen molar-refractivity contribution in [3.63, 3.8) is 0 Å². The summed E-state index contributed by atoms with van der Waals surface area (Å²) in [4.78, 5) is 29.1. The highest BCUT2D eigenvalue weighted by molar-refractivity contribution is 9.10. The molecular formula is C16H13BrN2O4S. The Morgan fingerprint density at radius 3 is 2.79 bits per heavy atom. The molecule has 6 nitrogen and oxygen atoms in total. The number of ether oxygens (including phenoxy) is 2. The van der Waals surface area contributed by atoms with Crippen LogP contribution < -0.4 is 0 Å². The highest BCUT2D eigenvalue weighted by Gasteiger charge is 2.25. The molecule has 0 aliphatic heterocycles. The van der Waals surface area contributed by atoms with E-state index in [1.54, 1.807) is 23.6 Å². The average molecular weight is 409 g/mol. The molecule has 0 amide bonds. The first-order valence-corrected chi connectivity index (χ1v) is 8.80. The van der Waals surface area contributed by atoms with Crippen LogP contribution in [0.2, 0.25) is 0 Å². The smallest absolute Gasteiger partial charge is 0.357 e. The molecule has 124 valence electrons. The lowest BCUT2D eigenvalue weighted by molar-refractivity contribution is 0.0517. The van der Waals surface area contributed by atoms with E-state index >= 15 is 0 Å². The zero-order valence-corrected chi connectivity index (χ0v) is 15.3. The van der Waals surface area contributed by atoms with Gasteiger partial charge in [0.2, 0.25) is 0 Å². The molecule has 0 unspecified atom stereocenters. The molecule has 0 aliphatic carbocycles. The number of carbonyl (C=O) groups is 2. The SMILES string of the molecule is CCOC(=O)c1c(-c2ccsc2)nc2c(C(=O)OC)cc(Br)cn12. The Balaban J connectivity index is 2.36. The molecular weight excluding hydrogens is 396 g/mol. The predicted octanol–water partition coefficient (Wildman–Crippen LogP) is 3.79. The van der Waals surface area contributed by atoms with Crippen molar-refractivity contribution < 1.29 is 19.1 Å². The molecule has 0 saturated carbocycles. The Hall–Kier alpha value is -2.19. The van der Waals surface area contributed by atoms with Crippen LogP contribution in [0.15, 0.2) is 33.6 Å². The minimum absolute atomic E-state index is 0.243. The summed E-state index contributed by atoms with van der Waals surface area (Å²) in [5.41, 5.74) is 2.14. The van der Waals surface area contributed by atoms with Crippen molar-refractivity contribution in [2.45, 2.75) is 6.92 Å². The Labute approximate surface area is 150 Å². The first-order chi connectivity index (χ1) is 11.6. The number of fused-ring (bicyclic) bond motifs is 1. The number of hydrogen-bond acceptors (Lipinski definition) is 6. The fourth-order valence-electron chi connectivity index (χ4n) is 2.37. The van der Waals surface area contributed by atoms with Crippen LogP contribution >= 0.6 is 27.3 Å². The number of methoxy groups -OCH3 is 1. The van der Waals surface area contributed by atoms with E-state index in [-0.39, 0.29) is 17.9 Å². The average Bonchev–Trinajstić information content (AvgIpc) is 3.20. The molecule has 0 radical (unpaired) electrons. The molecule has 0 saturated heterocycles. The topological polar surface area (TPSA) is 69.9 Å². The van der Waals surface area contributed by atoms with Crippen LogP contribution in [0.4, 0.5) is 0 Å². The summed E-state index contributed by atoms with van der Waals surface area (Å²) in [7, 11) is 1.30. The van der Waals surface area contributed by atoms with Gasteiger partial charge in [-0.15, -0.1) is 0 Å². The van der Waals surface area contributed by atoms with Gasteiger partial charge in [0.15, 0.2) is 11.3 Å². The van der Waals surface area contributed by atoms with Gasteiger partial charge in [-0.25, -0.2) is 14.6 Å². The van der Waals surface area contributed by atoms with Gasteiger partial charge in [0, 0.05) is 21.6 Å². The monoisotopic (exact) mass is 408 g/mol. The highest BCUT2D eigenvalue weighted by Crippen LogP contribution is 2.30. The van der Waals surface area contributed by atoms with E-state index in [1.807, 2.05) is 16.8 Å². The summed E-state index contributed by atoms with van der Waals surface area (Å²) < 4.78 is 12.2. The normalized spacial score (nSPS) is 10.8. The first kappa shape index (κ1) is 16.7. The second kappa shape index (κ2) is 6.74. The first-order valence-electron chi connectivity index (χ1n) is 7.06. The van der Waals surface area contributed by atoms with Crippen molar-refractivity contribution in [3.8, 4) is 11.3 Å². The Morgan fingerprint density at radius 2 is 2.17 bits per heavy atom.